The van der Waals surface area contributed by atoms with Crippen molar-refractivity contribution < 1.29 is 4.79 Å². The molecule has 114 valence electrons. The third-order valence-electron chi connectivity index (χ3n) is 3.91. The molecule has 0 aliphatic carbocycles. The van der Waals surface area contributed by atoms with E-state index in [9.17, 15) is 9.59 Å². The number of terminal acetylenes is 1. The normalized spacial score (nSPS) is 11.1. The molecule has 1 amide bonds. The summed E-state index contributed by atoms with van der Waals surface area (Å²) >= 11 is 0. The van der Waals surface area contributed by atoms with Crippen LogP contribution in [-0.4, -0.2) is 21.0 Å². The van der Waals surface area contributed by atoms with Gasteiger partial charge < -0.3 is 5.32 Å². The summed E-state index contributed by atoms with van der Waals surface area (Å²) < 4.78 is 1.30. The van der Waals surface area contributed by atoms with Gasteiger partial charge in [0.15, 0.2) is 0 Å². The highest BCUT2D eigenvalue weighted by Gasteiger charge is 2.25. The third kappa shape index (κ3) is 3.01. The van der Waals surface area contributed by atoms with Crippen LogP contribution < -0.4 is 10.9 Å². The van der Waals surface area contributed by atoms with Gasteiger partial charge in [0.2, 0.25) is 5.91 Å². The van der Waals surface area contributed by atoms with Crippen molar-refractivity contribution in [3.8, 4) is 12.3 Å². The second-order valence-electron chi connectivity index (χ2n) is 5.18. The third-order valence-corrected chi connectivity index (χ3v) is 3.91. The van der Waals surface area contributed by atoms with Gasteiger partial charge in [-0.05, 0) is 25.0 Å². The molecule has 2 aromatic rings. The zero-order valence-electron chi connectivity index (χ0n) is 12.8. The summed E-state index contributed by atoms with van der Waals surface area (Å²) in [6.45, 7) is 3.75. The summed E-state index contributed by atoms with van der Waals surface area (Å²) in [7, 11) is 0. The molecule has 5 nitrogen and oxygen atoms in total. The van der Waals surface area contributed by atoms with Crippen LogP contribution in [0.4, 0.5) is 0 Å². The van der Waals surface area contributed by atoms with E-state index in [2.05, 4.69) is 16.2 Å². The highest BCUT2D eigenvalue weighted by atomic mass is 16.2. The standard InChI is InChI=1S/C17H19N3O2/c1-4-17(5-2,6-3)19-15(21)11-20-12-18-14-10-8-7-9-13(14)16(20)22/h1,7-10,12H,5-6,11H2,2-3H3,(H,19,21). The number of amides is 1. The lowest BCUT2D eigenvalue weighted by atomic mass is 9.94. The maximum atomic E-state index is 12.3. The van der Waals surface area contributed by atoms with Crippen molar-refractivity contribution in [2.24, 2.45) is 0 Å². The molecular formula is C17H19N3O2. The molecule has 0 atom stereocenters. The Bertz CT molecular complexity index is 782. The summed E-state index contributed by atoms with van der Waals surface area (Å²) in [5.74, 6) is 2.35. The number of carbonyl (C=O) groups is 1. The van der Waals surface area contributed by atoms with E-state index in [0.717, 1.165) is 0 Å². The molecule has 1 N–H and O–H groups in total. The number of nitrogens with one attached hydrogen (secondary N) is 1. The fraction of sp³-hybridized carbons (Fsp3) is 0.353. The Morgan fingerprint density at radius 3 is 2.68 bits per heavy atom. The zero-order valence-corrected chi connectivity index (χ0v) is 12.8. The van der Waals surface area contributed by atoms with E-state index in [1.165, 1.54) is 10.9 Å². The molecule has 0 aliphatic heterocycles. The lowest BCUT2D eigenvalue weighted by molar-refractivity contribution is -0.123. The van der Waals surface area contributed by atoms with Gasteiger partial charge in [0.05, 0.1) is 17.2 Å². The van der Waals surface area contributed by atoms with Crippen molar-refractivity contribution in [2.45, 2.75) is 38.8 Å². The minimum absolute atomic E-state index is 0.0971. The van der Waals surface area contributed by atoms with E-state index in [1.54, 1.807) is 18.2 Å². The predicted octanol–water partition coefficient (Wildman–Crippen LogP) is 1.70. The first-order valence-electron chi connectivity index (χ1n) is 7.28. The molecule has 2 rings (SSSR count). The number of carbonyl (C=O) groups excluding carboxylic acids is 1. The van der Waals surface area contributed by atoms with E-state index >= 15 is 0 Å². The van der Waals surface area contributed by atoms with Gasteiger partial charge in [0.1, 0.15) is 12.1 Å². The second-order valence-corrected chi connectivity index (χ2v) is 5.18. The molecule has 1 heterocycles. The van der Waals surface area contributed by atoms with Gasteiger partial charge in [-0.1, -0.05) is 31.9 Å². The van der Waals surface area contributed by atoms with Crippen LogP contribution in [-0.2, 0) is 11.3 Å². The van der Waals surface area contributed by atoms with Crippen LogP contribution >= 0.6 is 0 Å². The Hall–Kier alpha value is -2.61. The Labute approximate surface area is 129 Å². The summed E-state index contributed by atoms with van der Waals surface area (Å²) in [4.78, 5) is 28.7. The zero-order chi connectivity index (χ0) is 16.2. The van der Waals surface area contributed by atoms with Crippen LogP contribution in [0.2, 0.25) is 0 Å². The molecule has 5 heteroatoms. The Balaban J connectivity index is 2.25. The SMILES string of the molecule is C#CC(CC)(CC)NC(=O)Cn1cnc2ccccc2c1=O. The molecule has 0 bridgehead atoms. The fourth-order valence-electron chi connectivity index (χ4n) is 2.35. The molecule has 1 aromatic carbocycles. The van der Waals surface area contributed by atoms with Crippen molar-refractivity contribution >= 4 is 16.8 Å². The first-order valence-corrected chi connectivity index (χ1v) is 7.28. The van der Waals surface area contributed by atoms with Crippen LogP contribution in [0.15, 0.2) is 35.4 Å². The van der Waals surface area contributed by atoms with Gasteiger partial charge >= 0.3 is 0 Å². The van der Waals surface area contributed by atoms with Crippen molar-refractivity contribution in [1.82, 2.24) is 14.9 Å². The van der Waals surface area contributed by atoms with Crippen LogP contribution in [0, 0.1) is 12.3 Å². The molecule has 0 aliphatic rings. The first-order chi connectivity index (χ1) is 10.5. The van der Waals surface area contributed by atoms with E-state index < -0.39 is 5.54 Å². The minimum Gasteiger partial charge on any atom is -0.338 e. The number of para-hydroxylation sites is 1. The molecule has 0 spiro atoms. The van der Waals surface area contributed by atoms with Crippen LogP contribution in [0.25, 0.3) is 10.9 Å². The molecule has 0 saturated heterocycles. The lowest BCUT2D eigenvalue weighted by Crippen LogP contribution is -2.48. The van der Waals surface area contributed by atoms with E-state index in [0.29, 0.717) is 23.7 Å². The average Bonchev–Trinajstić information content (AvgIpc) is 2.55. The van der Waals surface area contributed by atoms with Crippen LogP contribution in [0.5, 0.6) is 0 Å². The smallest absolute Gasteiger partial charge is 0.261 e. The van der Waals surface area contributed by atoms with Crippen molar-refractivity contribution in [3.05, 3.63) is 40.9 Å². The number of hydrogen-bond acceptors (Lipinski definition) is 3. The Kier molecular flexibility index (Phi) is 4.62. The average molecular weight is 297 g/mol. The number of nitrogens with zero attached hydrogens (tertiary/aromatic N) is 2. The monoisotopic (exact) mass is 297 g/mol. The van der Waals surface area contributed by atoms with Gasteiger partial charge in [-0.15, -0.1) is 6.42 Å². The first kappa shape index (κ1) is 15.8. The maximum absolute atomic E-state index is 12.3. The van der Waals surface area contributed by atoms with E-state index in [-0.39, 0.29) is 18.0 Å². The summed E-state index contributed by atoms with van der Waals surface area (Å²) in [5, 5.41) is 3.33. The predicted molar refractivity (Wildman–Crippen MR) is 86.3 cm³/mol. The van der Waals surface area contributed by atoms with E-state index in [4.69, 9.17) is 6.42 Å². The molecule has 0 radical (unpaired) electrons. The fourth-order valence-corrected chi connectivity index (χ4v) is 2.35. The van der Waals surface area contributed by atoms with Crippen molar-refractivity contribution in [2.75, 3.05) is 0 Å². The van der Waals surface area contributed by atoms with Gasteiger partial charge in [0, 0.05) is 0 Å². The summed E-state index contributed by atoms with van der Waals surface area (Å²) in [5.41, 5.74) is -0.283. The molecule has 0 unspecified atom stereocenters. The number of aromatic nitrogens is 2. The molecule has 0 saturated carbocycles. The molecule has 0 fully saturated rings. The number of hydrogen-bond donors (Lipinski definition) is 1. The van der Waals surface area contributed by atoms with Gasteiger partial charge in [-0.2, -0.15) is 0 Å². The number of fused-ring (bicyclic) bond motifs is 1. The molecule has 22 heavy (non-hydrogen) atoms. The number of rotatable bonds is 5. The number of benzene rings is 1. The maximum Gasteiger partial charge on any atom is 0.261 e. The Morgan fingerprint density at radius 1 is 1.36 bits per heavy atom. The largest absolute Gasteiger partial charge is 0.338 e. The molecular weight excluding hydrogens is 278 g/mol. The van der Waals surface area contributed by atoms with Gasteiger partial charge in [-0.3, -0.25) is 14.2 Å². The van der Waals surface area contributed by atoms with Gasteiger partial charge in [-0.25, -0.2) is 4.98 Å². The van der Waals surface area contributed by atoms with Gasteiger partial charge in [0.25, 0.3) is 5.56 Å². The van der Waals surface area contributed by atoms with Crippen molar-refractivity contribution in [3.63, 3.8) is 0 Å². The summed E-state index contributed by atoms with van der Waals surface area (Å²) in [6, 6.07) is 7.05. The Morgan fingerprint density at radius 2 is 2.05 bits per heavy atom. The second kappa shape index (κ2) is 6.44. The highest BCUT2D eigenvalue weighted by molar-refractivity contribution is 5.79. The van der Waals surface area contributed by atoms with E-state index in [1.807, 2.05) is 19.9 Å². The lowest BCUT2D eigenvalue weighted by Gasteiger charge is -2.27. The van der Waals surface area contributed by atoms with Crippen LogP contribution in [0.3, 0.4) is 0 Å². The van der Waals surface area contributed by atoms with Crippen LogP contribution in [0.1, 0.15) is 26.7 Å². The topological polar surface area (TPSA) is 64.0 Å². The summed E-state index contributed by atoms with van der Waals surface area (Å²) in [6.07, 6.45) is 8.19. The minimum atomic E-state index is -0.662. The molecule has 1 aromatic heterocycles. The quantitative estimate of drug-likeness (QED) is 0.854. The highest BCUT2D eigenvalue weighted by Crippen LogP contribution is 2.13. The van der Waals surface area contributed by atoms with Crippen molar-refractivity contribution in [1.29, 1.82) is 0 Å².